The maximum atomic E-state index is 13.1. The smallest absolute Gasteiger partial charge is 0.253 e. The lowest BCUT2D eigenvalue weighted by molar-refractivity contribution is 0.0546. The van der Waals surface area contributed by atoms with E-state index in [2.05, 4.69) is 0 Å². The number of carbonyl (C=O) groups is 1. The average molecular weight is 349 g/mol. The second kappa shape index (κ2) is 5.30. The number of aliphatic hydroxyl groups is 1. The van der Waals surface area contributed by atoms with E-state index in [0.717, 1.165) is 0 Å². The molecule has 1 aliphatic heterocycles. The van der Waals surface area contributed by atoms with Crippen molar-refractivity contribution in [3.8, 4) is 0 Å². The topological polar surface area (TPSA) is 40.5 Å². The van der Waals surface area contributed by atoms with Gasteiger partial charge in [0.1, 0.15) is 5.82 Å². The van der Waals surface area contributed by atoms with Gasteiger partial charge in [0.25, 0.3) is 5.91 Å². The number of nitrogens with zero attached hydrogens (tertiary/aromatic N) is 1. The summed E-state index contributed by atoms with van der Waals surface area (Å²) in [6, 6.07) is 4.38. The van der Waals surface area contributed by atoms with Crippen LogP contribution in [0.15, 0.2) is 18.2 Å². The van der Waals surface area contributed by atoms with Crippen molar-refractivity contribution >= 4 is 28.5 Å². The molecule has 1 saturated heterocycles. The predicted molar refractivity (Wildman–Crippen MR) is 70.3 cm³/mol. The maximum Gasteiger partial charge on any atom is 0.253 e. The normalized spacial score (nSPS) is 17.2. The van der Waals surface area contributed by atoms with Crippen LogP contribution in [-0.4, -0.2) is 35.1 Å². The van der Waals surface area contributed by atoms with Crippen LogP contribution in [0.3, 0.4) is 0 Å². The largest absolute Gasteiger partial charge is 0.393 e. The highest BCUT2D eigenvalue weighted by atomic mass is 127. The van der Waals surface area contributed by atoms with E-state index in [1.807, 2.05) is 22.6 Å². The monoisotopic (exact) mass is 349 g/mol. The predicted octanol–water partition coefficient (Wildman–Crippen LogP) is 2.03. The number of likely N-dealkylation sites (tertiary alicyclic amines) is 1. The third kappa shape index (κ3) is 2.95. The molecule has 2 rings (SSSR count). The number of hydrogen-bond acceptors (Lipinski definition) is 2. The van der Waals surface area contributed by atoms with Crippen molar-refractivity contribution in [3.63, 3.8) is 0 Å². The number of rotatable bonds is 1. The Kier molecular flexibility index (Phi) is 3.98. The molecule has 1 fully saturated rings. The van der Waals surface area contributed by atoms with Crippen LogP contribution in [0, 0.1) is 9.39 Å². The maximum absolute atomic E-state index is 13.1. The number of carbonyl (C=O) groups excluding carboxylic acids is 1. The van der Waals surface area contributed by atoms with Crippen LogP contribution < -0.4 is 0 Å². The number of halogens is 2. The summed E-state index contributed by atoms with van der Waals surface area (Å²) in [6.45, 7) is 1.13. The fraction of sp³-hybridized carbons (Fsp3) is 0.417. The first kappa shape index (κ1) is 12.8. The Morgan fingerprint density at radius 2 is 2.06 bits per heavy atom. The molecule has 1 aromatic rings. The summed E-state index contributed by atoms with van der Waals surface area (Å²) >= 11 is 1.87. The molecule has 1 aromatic carbocycles. The minimum Gasteiger partial charge on any atom is -0.393 e. The molecular weight excluding hydrogens is 336 g/mol. The Balaban J connectivity index is 2.11. The molecule has 1 amide bonds. The summed E-state index contributed by atoms with van der Waals surface area (Å²) in [7, 11) is 0. The molecule has 1 aliphatic rings. The van der Waals surface area contributed by atoms with Crippen LogP contribution >= 0.6 is 22.6 Å². The summed E-state index contributed by atoms with van der Waals surface area (Å²) in [5.41, 5.74) is 0.507. The fourth-order valence-corrected chi connectivity index (χ4v) is 2.40. The van der Waals surface area contributed by atoms with Crippen LogP contribution in [0.4, 0.5) is 4.39 Å². The molecule has 92 valence electrons. The Bertz CT molecular complexity index is 431. The molecule has 0 atom stereocenters. The SMILES string of the molecule is O=C(c1ccc(F)c(I)c1)N1CCC(O)CC1. The summed E-state index contributed by atoms with van der Waals surface area (Å²) < 4.78 is 13.5. The van der Waals surface area contributed by atoms with Crippen LogP contribution in [0.1, 0.15) is 23.2 Å². The van der Waals surface area contributed by atoms with E-state index < -0.39 is 0 Å². The summed E-state index contributed by atoms with van der Waals surface area (Å²) in [4.78, 5) is 13.8. The molecule has 0 radical (unpaired) electrons. The van der Waals surface area contributed by atoms with Crippen molar-refractivity contribution in [2.45, 2.75) is 18.9 Å². The molecule has 0 spiro atoms. The highest BCUT2D eigenvalue weighted by Crippen LogP contribution is 2.17. The molecule has 0 bridgehead atoms. The zero-order valence-electron chi connectivity index (χ0n) is 9.20. The van der Waals surface area contributed by atoms with Crippen LogP contribution in [-0.2, 0) is 0 Å². The highest BCUT2D eigenvalue weighted by molar-refractivity contribution is 14.1. The van der Waals surface area contributed by atoms with E-state index >= 15 is 0 Å². The minimum atomic E-state index is -0.309. The second-order valence-corrected chi connectivity index (χ2v) is 5.31. The lowest BCUT2D eigenvalue weighted by Gasteiger charge is -2.29. The number of piperidine rings is 1. The van der Waals surface area contributed by atoms with E-state index in [1.54, 1.807) is 11.0 Å². The Morgan fingerprint density at radius 1 is 1.41 bits per heavy atom. The second-order valence-electron chi connectivity index (χ2n) is 4.15. The van der Waals surface area contributed by atoms with E-state index in [1.165, 1.54) is 12.1 Å². The first-order valence-corrected chi connectivity index (χ1v) is 6.58. The van der Waals surface area contributed by atoms with Gasteiger partial charge in [-0.2, -0.15) is 0 Å². The van der Waals surface area contributed by atoms with Gasteiger partial charge >= 0.3 is 0 Å². The van der Waals surface area contributed by atoms with Crippen molar-refractivity contribution < 1.29 is 14.3 Å². The summed E-state index contributed by atoms with van der Waals surface area (Å²) in [6.07, 6.45) is 0.932. The molecule has 3 nitrogen and oxygen atoms in total. The molecule has 1 heterocycles. The molecule has 0 aromatic heterocycles. The third-order valence-corrected chi connectivity index (χ3v) is 3.74. The lowest BCUT2D eigenvalue weighted by Crippen LogP contribution is -2.40. The zero-order valence-corrected chi connectivity index (χ0v) is 11.4. The lowest BCUT2D eigenvalue weighted by atomic mass is 10.1. The van der Waals surface area contributed by atoms with Crippen molar-refractivity contribution in [1.82, 2.24) is 4.90 Å². The van der Waals surface area contributed by atoms with Gasteiger partial charge in [-0.05, 0) is 53.6 Å². The first-order chi connectivity index (χ1) is 8.08. The molecule has 0 saturated carbocycles. The Hall–Kier alpha value is -0.690. The molecular formula is C12H13FINO2. The zero-order chi connectivity index (χ0) is 12.4. The third-order valence-electron chi connectivity index (χ3n) is 2.92. The molecule has 0 aliphatic carbocycles. The van der Waals surface area contributed by atoms with Gasteiger partial charge in [0.2, 0.25) is 0 Å². The summed E-state index contributed by atoms with van der Waals surface area (Å²) in [5.74, 6) is -0.397. The number of aliphatic hydroxyl groups excluding tert-OH is 1. The Morgan fingerprint density at radius 3 is 2.65 bits per heavy atom. The Labute approximate surface area is 113 Å². The first-order valence-electron chi connectivity index (χ1n) is 5.50. The standard InChI is InChI=1S/C12H13FINO2/c13-10-2-1-8(7-11(10)14)12(17)15-5-3-9(16)4-6-15/h1-2,7,9,16H,3-6H2. The van der Waals surface area contributed by atoms with E-state index in [0.29, 0.717) is 35.1 Å². The number of hydrogen-bond donors (Lipinski definition) is 1. The van der Waals surface area contributed by atoms with Crippen molar-refractivity contribution in [1.29, 1.82) is 0 Å². The van der Waals surface area contributed by atoms with Crippen molar-refractivity contribution in [2.75, 3.05) is 13.1 Å². The molecule has 5 heteroatoms. The van der Waals surface area contributed by atoms with Gasteiger partial charge in [0.15, 0.2) is 0 Å². The van der Waals surface area contributed by atoms with Gasteiger partial charge in [-0.15, -0.1) is 0 Å². The molecule has 1 N–H and O–H groups in total. The minimum absolute atomic E-state index is 0.0881. The quantitative estimate of drug-likeness (QED) is 0.789. The van der Waals surface area contributed by atoms with E-state index in [-0.39, 0.29) is 17.8 Å². The van der Waals surface area contributed by atoms with Gasteiger partial charge < -0.3 is 10.0 Å². The van der Waals surface area contributed by atoms with Crippen molar-refractivity contribution in [2.24, 2.45) is 0 Å². The average Bonchev–Trinajstić information content (AvgIpc) is 2.33. The number of benzene rings is 1. The van der Waals surface area contributed by atoms with E-state index in [4.69, 9.17) is 0 Å². The number of amides is 1. The van der Waals surface area contributed by atoms with Gasteiger partial charge in [-0.3, -0.25) is 4.79 Å². The highest BCUT2D eigenvalue weighted by Gasteiger charge is 2.22. The van der Waals surface area contributed by atoms with Gasteiger partial charge in [-0.1, -0.05) is 0 Å². The van der Waals surface area contributed by atoms with Gasteiger partial charge in [0.05, 0.1) is 6.10 Å². The molecule has 17 heavy (non-hydrogen) atoms. The van der Waals surface area contributed by atoms with Crippen LogP contribution in [0.25, 0.3) is 0 Å². The van der Waals surface area contributed by atoms with E-state index in [9.17, 15) is 14.3 Å². The molecule has 0 unspecified atom stereocenters. The van der Waals surface area contributed by atoms with Crippen molar-refractivity contribution in [3.05, 3.63) is 33.1 Å². The van der Waals surface area contributed by atoms with Crippen LogP contribution in [0.5, 0.6) is 0 Å². The fourth-order valence-electron chi connectivity index (χ4n) is 1.88. The van der Waals surface area contributed by atoms with Gasteiger partial charge in [0, 0.05) is 22.2 Å². The van der Waals surface area contributed by atoms with Gasteiger partial charge in [-0.25, -0.2) is 4.39 Å². The summed E-state index contributed by atoms with van der Waals surface area (Å²) in [5, 5.41) is 9.37. The van der Waals surface area contributed by atoms with Crippen LogP contribution in [0.2, 0.25) is 0 Å².